The van der Waals surface area contributed by atoms with E-state index >= 15 is 0 Å². The van der Waals surface area contributed by atoms with Gasteiger partial charge in [0.1, 0.15) is 11.9 Å². The lowest BCUT2D eigenvalue weighted by Crippen LogP contribution is -2.45. The van der Waals surface area contributed by atoms with Gasteiger partial charge >= 0.3 is 0 Å². The van der Waals surface area contributed by atoms with Crippen molar-refractivity contribution in [3.05, 3.63) is 35.6 Å². The van der Waals surface area contributed by atoms with Crippen molar-refractivity contribution >= 4 is 11.8 Å². The number of likely N-dealkylation sites (tertiary alicyclic amines) is 1. The van der Waals surface area contributed by atoms with Gasteiger partial charge in [-0.05, 0) is 30.9 Å². The van der Waals surface area contributed by atoms with E-state index in [1.807, 2.05) is 0 Å². The average Bonchev–Trinajstić information content (AvgIpc) is 2.94. The first kappa shape index (κ1) is 15.5. The average molecular weight is 292 g/mol. The molecule has 0 radical (unpaired) electrons. The first-order valence-corrected chi connectivity index (χ1v) is 7.24. The largest absolute Gasteiger partial charge is 0.347 e. The van der Waals surface area contributed by atoms with Crippen LogP contribution in [0, 0.1) is 5.82 Å². The predicted molar refractivity (Wildman–Crippen MR) is 78.2 cm³/mol. The van der Waals surface area contributed by atoms with Gasteiger partial charge in [0, 0.05) is 27.1 Å². The normalized spacial score (nSPS) is 17.9. The number of rotatable bonds is 4. The molecule has 2 rings (SSSR count). The van der Waals surface area contributed by atoms with Crippen molar-refractivity contribution in [3.8, 4) is 0 Å². The van der Waals surface area contributed by atoms with Gasteiger partial charge in [-0.2, -0.15) is 0 Å². The summed E-state index contributed by atoms with van der Waals surface area (Å²) in [4.78, 5) is 27.5. The monoisotopic (exact) mass is 292 g/mol. The van der Waals surface area contributed by atoms with Gasteiger partial charge in [-0.15, -0.1) is 0 Å². The zero-order valence-electron chi connectivity index (χ0n) is 12.5. The number of nitrogens with zero attached hydrogens (tertiary/aromatic N) is 2. The van der Waals surface area contributed by atoms with Crippen LogP contribution in [0.15, 0.2) is 24.3 Å². The van der Waals surface area contributed by atoms with E-state index in [-0.39, 0.29) is 30.1 Å². The molecule has 5 heteroatoms. The van der Waals surface area contributed by atoms with Crippen molar-refractivity contribution < 1.29 is 14.0 Å². The predicted octanol–water partition coefficient (Wildman–Crippen LogP) is 1.84. The van der Waals surface area contributed by atoms with Crippen molar-refractivity contribution in [1.82, 2.24) is 9.80 Å². The number of benzene rings is 1. The summed E-state index contributed by atoms with van der Waals surface area (Å²) in [7, 11) is 3.39. The fourth-order valence-corrected chi connectivity index (χ4v) is 2.71. The molecule has 1 aliphatic heterocycles. The minimum atomic E-state index is -0.354. The Morgan fingerprint density at radius 3 is 2.71 bits per heavy atom. The van der Waals surface area contributed by atoms with Gasteiger partial charge in [0.2, 0.25) is 11.8 Å². The van der Waals surface area contributed by atoms with Crippen molar-refractivity contribution in [2.75, 3.05) is 20.6 Å². The van der Waals surface area contributed by atoms with E-state index < -0.39 is 0 Å². The van der Waals surface area contributed by atoms with Gasteiger partial charge in [-0.3, -0.25) is 9.59 Å². The summed E-state index contributed by atoms with van der Waals surface area (Å²) in [6.07, 6.45) is 2.15. The Balaban J connectivity index is 1.97. The summed E-state index contributed by atoms with van der Waals surface area (Å²) in [6.45, 7) is 0.611. The fraction of sp³-hybridized carbons (Fsp3) is 0.500. The SMILES string of the molecule is CN(C)C(=O)C1CCCN1C(=O)CCc1ccccc1F. The number of amides is 2. The van der Waals surface area contributed by atoms with E-state index in [1.165, 1.54) is 11.0 Å². The first-order chi connectivity index (χ1) is 10.0. The Labute approximate surface area is 124 Å². The van der Waals surface area contributed by atoms with Crippen LogP contribution in [0.25, 0.3) is 0 Å². The Kier molecular flexibility index (Phi) is 4.94. The number of halogens is 1. The summed E-state index contributed by atoms with van der Waals surface area (Å²) in [5.74, 6) is -0.393. The van der Waals surface area contributed by atoms with E-state index in [4.69, 9.17) is 0 Å². The Morgan fingerprint density at radius 2 is 2.05 bits per heavy atom. The second-order valence-electron chi connectivity index (χ2n) is 5.57. The van der Waals surface area contributed by atoms with Crippen LogP contribution in [-0.4, -0.2) is 48.3 Å². The maximum Gasteiger partial charge on any atom is 0.244 e. The van der Waals surface area contributed by atoms with Gasteiger partial charge in [0.15, 0.2) is 0 Å². The summed E-state index contributed by atoms with van der Waals surface area (Å²) in [6, 6.07) is 6.13. The molecule has 0 aliphatic carbocycles. The van der Waals surface area contributed by atoms with Crippen LogP contribution in [-0.2, 0) is 16.0 Å². The van der Waals surface area contributed by atoms with Gasteiger partial charge < -0.3 is 9.80 Å². The number of carbonyl (C=O) groups excluding carboxylic acids is 2. The Bertz CT molecular complexity index is 531. The van der Waals surface area contributed by atoms with Crippen LogP contribution in [0.2, 0.25) is 0 Å². The maximum atomic E-state index is 13.5. The topological polar surface area (TPSA) is 40.6 Å². The molecule has 1 unspecified atom stereocenters. The molecule has 0 bridgehead atoms. The number of aryl methyl sites for hydroxylation is 1. The van der Waals surface area contributed by atoms with Gasteiger partial charge in [-0.1, -0.05) is 18.2 Å². The lowest BCUT2D eigenvalue weighted by atomic mass is 10.1. The van der Waals surface area contributed by atoms with Crippen molar-refractivity contribution in [2.45, 2.75) is 31.7 Å². The first-order valence-electron chi connectivity index (χ1n) is 7.24. The third-order valence-corrected chi connectivity index (χ3v) is 3.87. The van der Waals surface area contributed by atoms with Gasteiger partial charge in [0.25, 0.3) is 0 Å². The third-order valence-electron chi connectivity index (χ3n) is 3.87. The maximum absolute atomic E-state index is 13.5. The van der Waals surface area contributed by atoms with Crippen LogP contribution < -0.4 is 0 Å². The zero-order valence-corrected chi connectivity index (χ0v) is 12.5. The minimum Gasteiger partial charge on any atom is -0.347 e. The molecule has 4 nitrogen and oxygen atoms in total. The van der Waals surface area contributed by atoms with Crippen molar-refractivity contribution in [1.29, 1.82) is 0 Å². The lowest BCUT2D eigenvalue weighted by Gasteiger charge is -2.26. The van der Waals surface area contributed by atoms with Gasteiger partial charge in [-0.25, -0.2) is 4.39 Å². The lowest BCUT2D eigenvalue weighted by molar-refractivity contribution is -0.142. The van der Waals surface area contributed by atoms with Crippen LogP contribution >= 0.6 is 0 Å². The molecule has 1 heterocycles. The number of likely N-dealkylation sites (N-methyl/N-ethyl adjacent to an activating group) is 1. The number of carbonyl (C=O) groups is 2. The Morgan fingerprint density at radius 1 is 1.33 bits per heavy atom. The van der Waals surface area contributed by atoms with Crippen LogP contribution in [0.4, 0.5) is 4.39 Å². The van der Waals surface area contributed by atoms with E-state index in [1.54, 1.807) is 37.2 Å². The van der Waals surface area contributed by atoms with Crippen molar-refractivity contribution in [3.63, 3.8) is 0 Å². The van der Waals surface area contributed by atoms with Crippen LogP contribution in [0.1, 0.15) is 24.8 Å². The molecular weight excluding hydrogens is 271 g/mol. The van der Waals surface area contributed by atoms with Gasteiger partial charge in [0.05, 0.1) is 0 Å². The molecule has 2 amide bonds. The number of hydrogen-bond acceptors (Lipinski definition) is 2. The van der Waals surface area contributed by atoms with E-state index in [2.05, 4.69) is 0 Å². The molecule has 1 saturated heterocycles. The molecule has 0 N–H and O–H groups in total. The van der Waals surface area contributed by atoms with Crippen molar-refractivity contribution in [2.24, 2.45) is 0 Å². The zero-order chi connectivity index (χ0) is 15.4. The highest BCUT2D eigenvalue weighted by atomic mass is 19.1. The highest BCUT2D eigenvalue weighted by Crippen LogP contribution is 2.20. The van der Waals surface area contributed by atoms with E-state index in [0.29, 0.717) is 24.9 Å². The summed E-state index contributed by atoms with van der Waals surface area (Å²) in [5.41, 5.74) is 0.542. The summed E-state index contributed by atoms with van der Waals surface area (Å²) >= 11 is 0. The molecule has 21 heavy (non-hydrogen) atoms. The second kappa shape index (κ2) is 6.70. The third kappa shape index (κ3) is 3.60. The minimum absolute atomic E-state index is 0.0354. The quantitative estimate of drug-likeness (QED) is 0.849. The smallest absolute Gasteiger partial charge is 0.244 e. The standard InChI is InChI=1S/C16H21FN2O2/c1-18(2)16(21)14-8-5-11-19(14)15(20)10-9-12-6-3-4-7-13(12)17/h3-4,6-7,14H,5,8-11H2,1-2H3. The molecule has 1 aromatic carbocycles. The molecule has 1 aromatic rings. The molecule has 1 fully saturated rings. The molecule has 114 valence electrons. The molecule has 0 aromatic heterocycles. The van der Waals surface area contributed by atoms with Crippen LogP contribution in [0.3, 0.4) is 0 Å². The molecule has 0 spiro atoms. The molecule has 1 aliphatic rings. The summed E-state index contributed by atoms with van der Waals surface area (Å²) < 4.78 is 13.5. The highest BCUT2D eigenvalue weighted by molar-refractivity contribution is 5.88. The van der Waals surface area contributed by atoms with Crippen LogP contribution in [0.5, 0.6) is 0 Å². The fourth-order valence-electron chi connectivity index (χ4n) is 2.71. The van der Waals surface area contributed by atoms with E-state index in [9.17, 15) is 14.0 Å². The second-order valence-corrected chi connectivity index (χ2v) is 5.57. The summed E-state index contributed by atoms with van der Waals surface area (Å²) in [5, 5.41) is 0. The highest BCUT2D eigenvalue weighted by Gasteiger charge is 2.34. The Hall–Kier alpha value is -1.91. The molecular formula is C16H21FN2O2. The molecule has 1 atom stereocenters. The molecule has 0 saturated carbocycles. The van der Waals surface area contributed by atoms with E-state index in [0.717, 1.165) is 6.42 Å². The number of hydrogen-bond donors (Lipinski definition) is 0.